The van der Waals surface area contributed by atoms with E-state index >= 15 is 0 Å². The summed E-state index contributed by atoms with van der Waals surface area (Å²) in [5, 5.41) is 3.06. The Hall–Kier alpha value is -0.950. The fraction of sp³-hybridized carbons (Fsp3) is 0.750. The van der Waals surface area contributed by atoms with Crippen LogP contribution in [0.2, 0.25) is 0 Å². The lowest BCUT2D eigenvalue weighted by Gasteiger charge is -2.44. The normalized spacial score (nSPS) is 25.3. The molecule has 2 saturated heterocycles. The molecule has 1 spiro atoms. The van der Waals surface area contributed by atoms with Gasteiger partial charge in [-0.25, -0.2) is 0 Å². The fourth-order valence-electron chi connectivity index (χ4n) is 4.50. The van der Waals surface area contributed by atoms with E-state index in [1.54, 1.807) is 11.3 Å². The van der Waals surface area contributed by atoms with E-state index in [-0.39, 0.29) is 17.6 Å². The zero-order valence-electron chi connectivity index (χ0n) is 15.7. The van der Waals surface area contributed by atoms with Crippen LogP contribution in [0.3, 0.4) is 0 Å². The molecule has 0 radical (unpaired) electrons. The predicted molar refractivity (Wildman–Crippen MR) is 103 cm³/mol. The molecule has 1 N–H and O–H groups in total. The van der Waals surface area contributed by atoms with Gasteiger partial charge >= 0.3 is 0 Å². The molecule has 1 aromatic heterocycles. The number of amides is 1. The van der Waals surface area contributed by atoms with Crippen molar-refractivity contribution in [2.24, 2.45) is 0 Å². The minimum Gasteiger partial charge on any atom is -0.376 e. The summed E-state index contributed by atoms with van der Waals surface area (Å²) in [6.07, 6.45) is 6.54. The lowest BCUT2D eigenvalue weighted by atomic mass is 9.82. The molecule has 6 heteroatoms. The molecular weight excluding hydrogens is 348 g/mol. The number of fused-ring (bicyclic) bond motifs is 2. The Bertz CT molecular complexity index is 631. The SMILES string of the molecule is CCCN1CCC2(CC1)OCCc1sc(C(=O)NCC3CCCO3)cc12. The van der Waals surface area contributed by atoms with Gasteiger partial charge in [0.15, 0.2) is 0 Å². The van der Waals surface area contributed by atoms with Crippen LogP contribution in [0.4, 0.5) is 0 Å². The average molecular weight is 379 g/mol. The topological polar surface area (TPSA) is 50.8 Å². The largest absolute Gasteiger partial charge is 0.376 e. The van der Waals surface area contributed by atoms with Gasteiger partial charge in [-0.3, -0.25) is 4.79 Å². The molecule has 4 heterocycles. The third-order valence-corrected chi connectivity index (χ3v) is 7.14. The number of piperidine rings is 1. The summed E-state index contributed by atoms with van der Waals surface area (Å²) in [6, 6.07) is 2.11. The lowest BCUT2D eigenvalue weighted by molar-refractivity contribution is -0.0969. The smallest absolute Gasteiger partial charge is 0.261 e. The van der Waals surface area contributed by atoms with Crippen LogP contribution in [0.1, 0.15) is 59.1 Å². The maximum absolute atomic E-state index is 12.6. The maximum Gasteiger partial charge on any atom is 0.261 e. The van der Waals surface area contributed by atoms with Crippen molar-refractivity contribution in [1.82, 2.24) is 10.2 Å². The average Bonchev–Trinajstić information content (AvgIpc) is 3.32. The molecule has 1 amide bonds. The summed E-state index contributed by atoms with van der Waals surface area (Å²) in [6.45, 7) is 7.80. The number of hydrogen-bond acceptors (Lipinski definition) is 5. The van der Waals surface area contributed by atoms with Crippen LogP contribution in [0.5, 0.6) is 0 Å². The van der Waals surface area contributed by atoms with E-state index in [0.717, 1.165) is 63.3 Å². The number of carbonyl (C=O) groups excluding carboxylic acids is 1. The molecule has 1 aromatic rings. The summed E-state index contributed by atoms with van der Waals surface area (Å²) in [5.41, 5.74) is 1.12. The highest BCUT2D eigenvalue weighted by Gasteiger charge is 2.42. The molecule has 3 aliphatic rings. The number of nitrogens with zero attached hydrogens (tertiary/aromatic N) is 1. The molecule has 5 nitrogen and oxygen atoms in total. The first kappa shape index (κ1) is 18.4. The summed E-state index contributed by atoms with van der Waals surface area (Å²) in [7, 11) is 0. The molecule has 1 unspecified atom stereocenters. The third kappa shape index (κ3) is 3.70. The second kappa shape index (κ2) is 7.97. The van der Waals surface area contributed by atoms with Crippen molar-refractivity contribution >= 4 is 17.2 Å². The van der Waals surface area contributed by atoms with Crippen molar-refractivity contribution < 1.29 is 14.3 Å². The minimum atomic E-state index is -0.165. The van der Waals surface area contributed by atoms with Gasteiger partial charge < -0.3 is 19.7 Å². The zero-order chi connectivity index (χ0) is 18.0. The van der Waals surface area contributed by atoms with Gasteiger partial charge in [-0.1, -0.05) is 6.92 Å². The summed E-state index contributed by atoms with van der Waals surface area (Å²) >= 11 is 1.66. The van der Waals surface area contributed by atoms with Gasteiger partial charge in [0.25, 0.3) is 5.91 Å². The van der Waals surface area contributed by atoms with Crippen molar-refractivity contribution in [3.05, 3.63) is 21.4 Å². The van der Waals surface area contributed by atoms with Crippen LogP contribution >= 0.6 is 11.3 Å². The van der Waals surface area contributed by atoms with Crippen molar-refractivity contribution in [2.45, 2.75) is 57.2 Å². The summed E-state index contributed by atoms with van der Waals surface area (Å²) in [4.78, 5) is 17.3. The van der Waals surface area contributed by atoms with Crippen LogP contribution in [-0.4, -0.2) is 56.3 Å². The second-order valence-corrected chi connectivity index (χ2v) is 8.86. The van der Waals surface area contributed by atoms with Gasteiger partial charge in [0.2, 0.25) is 0 Å². The number of ether oxygens (including phenoxy) is 2. The number of thiophene rings is 1. The van der Waals surface area contributed by atoms with Gasteiger partial charge in [0.05, 0.1) is 23.2 Å². The van der Waals surface area contributed by atoms with Crippen LogP contribution in [0, 0.1) is 0 Å². The second-order valence-electron chi connectivity index (χ2n) is 7.73. The first-order valence-corrected chi connectivity index (χ1v) is 10.9. The van der Waals surface area contributed by atoms with Crippen molar-refractivity contribution in [2.75, 3.05) is 39.4 Å². The van der Waals surface area contributed by atoms with Crippen LogP contribution in [-0.2, 0) is 21.5 Å². The number of hydrogen-bond donors (Lipinski definition) is 1. The molecule has 26 heavy (non-hydrogen) atoms. The highest BCUT2D eigenvalue weighted by atomic mass is 32.1. The van der Waals surface area contributed by atoms with Crippen molar-refractivity contribution in [3.63, 3.8) is 0 Å². The Morgan fingerprint density at radius 3 is 2.96 bits per heavy atom. The Morgan fingerprint density at radius 1 is 1.38 bits per heavy atom. The van der Waals surface area contributed by atoms with Crippen molar-refractivity contribution in [3.8, 4) is 0 Å². The van der Waals surface area contributed by atoms with Gasteiger partial charge in [-0.2, -0.15) is 0 Å². The quantitative estimate of drug-likeness (QED) is 0.856. The standard InChI is InChI=1S/C20H30N2O3S/c1-2-8-22-9-6-20(7-10-22)16-13-18(26-17(16)5-12-25-20)19(23)21-14-15-4-3-11-24-15/h13,15H,2-12,14H2,1H3,(H,21,23). The number of nitrogens with one attached hydrogen (secondary N) is 1. The third-order valence-electron chi connectivity index (χ3n) is 5.95. The molecule has 3 aliphatic heterocycles. The van der Waals surface area contributed by atoms with Crippen LogP contribution in [0.15, 0.2) is 6.07 Å². The van der Waals surface area contributed by atoms with E-state index in [1.165, 1.54) is 23.4 Å². The van der Waals surface area contributed by atoms with Gasteiger partial charge in [-0.05, 0) is 50.3 Å². The van der Waals surface area contributed by atoms with Crippen LogP contribution in [0.25, 0.3) is 0 Å². The van der Waals surface area contributed by atoms with Crippen LogP contribution < -0.4 is 5.32 Å². The van der Waals surface area contributed by atoms with Gasteiger partial charge in [0, 0.05) is 37.5 Å². The molecule has 144 valence electrons. The summed E-state index contributed by atoms with van der Waals surface area (Å²) < 4.78 is 11.9. The number of carbonyl (C=O) groups is 1. The minimum absolute atomic E-state index is 0.0402. The van der Waals surface area contributed by atoms with E-state index < -0.39 is 0 Å². The van der Waals surface area contributed by atoms with E-state index in [4.69, 9.17) is 9.47 Å². The monoisotopic (exact) mass is 378 g/mol. The highest BCUT2D eigenvalue weighted by molar-refractivity contribution is 7.14. The molecule has 4 rings (SSSR count). The van der Waals surface area contributed by atoms with E-state index in [1.807, 2.05) is 0 Å². The van der Waals surface area contributed by atoms with Crippen molar-refractivity contribution in [1.29, 1.82) is 0 Å². The lowest BCUT2D eigenvalue weighted by Crippen LogP contribution is -2.46. The zero-order valence-corrected chi connectivity index (χ0v) is 16.5. The number of rotatable bonds is 5. The first-order valence-electron chi connectivity index (χ1n) is 10.1. The van der Waals surface area contributed by atoms with Gasteiger partial charge in [0.1, 0.15) is 0 Å². The Morgan fingerprint density at radius 2 is 2.23 bits per heavy atom. The molecule has 1 atom stereocenters. The fourth-order valence-corrected chi connectivity index (χ4v) is 5.64. The van der Waals surface area contributed by atoms with Gasteiger partial charge in [-0.15, -0.1) is 11.3 Å². The summed E-state index contributed by atoms with van der Waals surface area (Å²) in [5.74, 6) is 0.0402. The van der Waals surface area contributed by atoms with E-state index in [2.05, 4.69) is 23.2 Å². The molecule has 0 aromatic carbocycles. The molecular formula is C20H30N2O3S. The Balaban J connectivity index is 1.44. The van der Waals surface area contributed by atoms with E-state index in [9.17, 15) is 4.79 Å². The number of likely N-dealkylation sites (tertiary alicyclic amines) is 1. The molecule has 0 aliphatic carbocycles. The first-order chi connectivity index (χ1) is 12.7. The maximum atomic E-state index is 12.6. The highest BCUT2D eigenvalue weighted by Crippen LogP contribution is 2.44. The molecule has 0 bridgehead atoms. The molecule has 2 fully saturated rings. The Kier molecular flexibility index (Phi) is 5.64. The Labute approximate surface area is 160 Å². The van der Waals surface area contributed by atoms with E-state index in [0.29, 0.717) is 6.54 Å². The predicted octanol–water partition coefficient (Wildman–Crippen LogP) is 2.93. The molecule has 0 saturated carbocycles.